The van der Waals surface area contributed by atoms with Crippen LogP contribution in [-0.4, -0.2) is 53.3 Å². The van der Waals surface area contributed by atoms with E-state index >= 15 is 0 Å². The highest BCUT2D eigenvalue weighted by atomic mass is 32.2. The van der Waals surface area contributed by atoms with E-state index in [1.165, 1.54) is 17.9 Å². The van der Waals surface area contributed by atoms with Gasteiger partial charge in [-0.3, -0.25) is 0 Å². The number of nitrogens with one attached hydrogen (secondary N) is 1. The molecule has 2 heterocycles. The zero-order valence-corrected chi connectivity index (χ0v) is 12.4. The van der Waals surface area contributed by atoms with Gasteiger partial charge in [-0.15, -0.1) is 0 Å². The Bertz CT molecular complexity index is 298. The molecule has 2 aliphatic rings. The second-order valence-corrected chi connectivity index (χ2v) is 7.29. The van der Waals surface area contributed by atoms with Gasteiger partial charge in [0.25, 0.3) is 0 Å². The molecule has 4 nitrogen and oxygen atoms in total. The number of likely N-dealkylation sites (tertiary alicyclic amines) is 1. The molecule has 0 aromatic carbocycles. The molecule has 0 saturated carbocycles. The van der Waals surface area contributed by atoms with Gasteiger partial charge in [-0.25, -0.2) is 4.79 Å². The highest BCUT2D eigenvalue weighted by molar-refractivity contribution is 7.99. The fraction of sp³-hybridized carbons (Fsp3) is 0.923. The molecule has 2 rings (SSSR count). The van der Waals surface area contributed by atoms with Crippen LogP contribution in [0.3, 0.4) is 0 Å². The Kier molecular flexibility index (Phi) is 4.43. The predicted molar refractivity (Wildman–Crippen MR) is 75.1 cm³/mol. The number of hydrogen-bond acceptors (Lipinski definition) is 4. The SMILES string of the molecule is CC(C)(C)OC(=O)N1CCC(NC2CCSC2)C1. The fourth-order valence-corrected chi connectivity index (χ4v) is 3.55. The van der Waals surface area contributed by atoms with Crippen LogP contribution in [0.4, 0.5) is 4.79 Å². The monoisotopic (exact) mass is 272 g/mol. The number of hydrogen-bond donors (Lipinski definition) is 1. The third-order valence-corrected chi connectivity index (χ3v) is 4.40. The van der Waals surface area contributed by atoms with E-state index < -0.39 is 5.60 Å². The van der Waals surface area contributed by atoms with Crippen LogP contribution in [0.2, 0.25) is 0 Å². The lowest BCUT2D eigenvalue weighted by Crippen LogP contribution is -2.42. The van der Waals surface area contributed by atoms with Gasteiger partial charge in [0.05, 0.1) is 0 Å². The molecule has 2 unspecified atom stereocenters. The summed E-state index contributed by atoms with van der Waals surface area (Å²) in [6, 6.07) is 1.08. The van der Waals surface area contributed by atoms with Gasteiger partial charge in [0.15, 0.2) is 0 Å². The second kappa shape index (κ2) is 5.70. The quantitative estimate of drug-likeness (QED) is 0.836. The van der Waals surface area contributed by atoms with Crippen LogP contribution >= 0.6 is 11.8 Å². The van der Waals surface area contributed by atoms with Crippen LogP contribution in [0.25, 0.3) is 0 Å². The summed E-state index contributed by atoms with van der Waals surface area (Å²) in [5, 5.41) is 3.66. The Labute approximate surface area is 114 Å². The molecule has 2 aliphatic heterocycles. The number of carbonyl (C=O) groups excluding carboxylic acids is 1. The molecule has 0 bridgehead atoms. The maximum absolute atomic E-state index is 11.9. The number of carbonyl (C=O) groups is 1. The first kappa shape index (κ1) is 14.0. The zero-order chi connectivity index (χ0) is 13.2. The van der Waals surface area contributed by atoms with Crippen LogP contribution in [0, 0.1) is 0 Å². The summed E-state index contributed by atoms with van der Waals surface area (Å²) in [4.78, 5) is 13.7. The minimum Gasteiger partial charge on any atom is -0.444 e. The van der Waals surface area contributed by atoms with Crippen LogP contribution in [0.1, 0.15) is 33.6 Å². The molecule has 0 radical (unpaired) electrons. The average molecular weight is 272 g/mol. The first-order chi connectivity index (χ1) is 8.44. The third kappa shape index (κ3) is 4.05. The van der Waals surface area contributed by atoms with Gasteiger partial charge in [-0.2, -0.15) is 11.8 Å². The molecule has 18 heavy (non-hydrogen) atoms. The zero-order valence-electron chi connectivity index (χ0n) is 11.6. The van der Waals surface area contributed by atoms with E-state index in [1.807, 2.05) is 37.4 Å². The first-order valence-electron chi connectivity index (χ1n) is 6.76. The summed E-state index contributed by atoms with van der Waals surface area (Å²) in [6.07, 6.45) is 2.13. The van der Waals surface area contributed by atoms with E-state index in [0.29, 0.717) is 12.1 Å². The number of rotatable bonds is 2. The van der Waals surface area contributed by atoms with Crippen molar-refractivity contribution in [3.8, 4) is 0 Å². The fourth-order valence-electron chi connectivity index (χ4n) is 2.39. The van der Waals surface area contributed by atoms with E-state index in [0.717, 1.165) is 19.5 Å². The third-order valence-electron chi connectivity index (χ3n) is 3.24. The van der Waals surface area contributed by atoms with Crippen molar-refractivity contribution in [2.45, 2.75) is 51.3 Å². The van der Waals surface area contributed by atoms with Crippen LogP contribution in [0.5, 0.6) is 0 Å². The largest absolute Gasteiger partial charge is 0.444 e. The number of amides is 1. The summed E-state index contributed by atoms with van der Waals surface area (Å²) in [6.45, 7) is 7.33. The van der Waals surface area contributed by atoms with Gasteiger partial charge in [-0.1, -0.05) is 0 Å². The van der Waals surface area contributed by atoms with Crippen molar-refractivity contribution in [3.63, 3.8) is 0 Å². The maximum Gasteiger partial charge on any atom is 0.410 e. The van der Waals surface area contributed by atoms with Crippen molar-refractivity contribution in [1.82, 2.24) is 10.2 Å². The average Bonchev–Trinajstić information content (AvgIpc) is 2.86. The number of ether oxygens (including phenoxy) is 1. The van der Waals surface area contributed by atoms with Crippen LogP contribution < -0.4 is 5.32 Å². The lowest BCUT2D eigenvalue weighted by atomic mass is 10.2. The summed E-state index contributed by atoms with van der Waals surface area (Å²) < 4.78 is 5.40. The van der Waals surface area contributed by atoms with Gasteiger partial charge < -0.3 is 15.0 Å². The Balaban J connectivity index is 1.75. The molecule has 2 saturated heterocycles. The molecule has 0 spiro atoms. The summed E-state index contributed by atoms with van der Waals surface area (Å²) >= 11 is 2.01. The standard InChI is InChI=1S/C13H24N2O2S/c1-13(2,3)17-12(16)15-6-4-10(8-15)14-11-5-7-18-9-11/h10-11,14H,4-9H2,1-3H3. The van der Waals surface area contributed by atoms with E-state index in [-0.39, 0.29) is 6.09 Å². The van der Waals surface area contributed by atoms with E-state index in [1.54, 1.807) is 0 Å². The normalized spacial score (nSPS) is 28.7. The number of thioether (sulfide) groups is 1. The van der Waals surface area contributed by atoms with Gasteiger partial charge in [-0.05, 0) is 39.4 Å². The Morgan fingerprint density at radius 3 is 2.72 bits per heavy atom. The molecule has 104 valence electrons. The first-order valence-corrected chi connectivity index (χ1v) is 7.91. The van der Waals surface area contributed by atoms with Crippen molar-refractivity contribution >= 4 is 17.9 Å². The molecule has 0 aromatic rings. The van der Waals surface area contributed by atoms with E-state index in [9.17, 15) is 4.79 Å². The van der Waals surface area contributed by atoms with Gasteiger partial charge in [0.2, 0.25) is 0 Å². The minimum atomic E-state index is -0.398. The maximum atomic E-state index is 11.9. The summed E-state index contributed by atoms with van der Waals surface area (Å²) in [5.41, 5.74) is -0.398. The molecule has 2 fully saturated rings. The van der Waals surface area contributed by atoms with E-state index in [2.05, 4.69) is 5.32 Å². The molecule has 1 N–H and O–H groups in total. The summed E-state index contributed by atoms with van der Waals surface area (Å²) in [5.74, 6) is 2.48. The highest BCUT2D eigenvalue weighted by Crippen LogP contribution is 2.20. The van der Waals surface area contributed by atoms with E-state index in [4.69, 9.17) is 4.74 Å². The Morgan fingerprint density at radius 2 is 2.11 bits per heavy atom. The molecular weight excluding hydrogens is 248 g/mol. The number of nitrogens with zero attached hydrogens (tertiary/aromatic N) is 1. The lowest BCUT2D eigenvalue weighted by molar-refractivity contribution is 0.0290. The van der Waals surface area contributed by atoms with Crippen LogP contribution in [0.15, 0.2) is 0 Å². The van der Waals surface area contributed by atoms with Crippen molar-refractivity contribution in [1.29, 1.82) is 0 Å². The minimum absolute atomic E-state index is 0.174. The van der Waals surface area contributed by atoms with Crippen molar-refractivity contribution < 1.29 is 9.53 Å². The van der Waals surface area contributed by atoms with Crippen molar-refractivity contribution in [3.05, 3.63) is 0 Å². The lowest BCUT2D eigenvalue weighted by Gasteiger charge is -2.25. The highest BCUT2D eigenvalue weighted by Gasteiger charge is 2.31. The molecule has 0 aromatic heterocycles. The molecular formula is C13H24N2O2S. The molecule has 2 atom stereocenters. The van der Waals surface area contributed by atoms with Gasteiger partial charge >= 0.3 is 6.09 Å². The van der Waals surface area contributed by atoms with Crippen molar-refractivity contribution in [2.75, 3.05) is 24.6 Å². The Hall–Kier alpha value is -0.420. The Morgan fingerprint density at radius 1 is 1.33 bits per heavy atom. The molecule has 5 heteroatoms. The smallest absolute Gasteiger partial charge is 0.410 e. The molecule has 0 aliphatic carbocycles. The van der Waals surface area contributed by atoms with Gasteiger partial charge in [0, 0.05) is 30.9 Å². The van der Waals surface area contributed by atoms with Gasteiger partial charge in [0.1, 0.15) is 5.60 Å². The summed E-state index contributed by atoms with van der Waals surface area (Å²) in [7, 11) is 0. The van der Waals surface area contributed by atoms with Crippen molar-refractivity contribution in [2.24, 2.45) is 0 Å². The molecule has 1 amide bonds. The predicted octanol–water partition coefficient (Wildman–Crippen LogP) is 2.09. The second-order valence-electron chi connectivity index (χ2n) is 6.14. The topological polar surface area (TPSA) is 41.6 Å². The van der Waals surface area contributed by atoms with Crippen LogP contribution in [-0.2, 0) is 4.74 Å².